The Morgan fingerprint density at radius 1 is 1.26 bits per heavy atom. The fourth-order valence-corrected chi connectivity index (χ4v) is 4.31. The van der Waals surface area contributed by atoms with Crippen LogP contribution in [0, 0.1) is 11.3 Å². The number of nitrogens with zero attached hydrogens (tertiary/aromatic N) is 1. The van der Waals surface area contributed by atoms with Gasteiger partial charge in [-0.3, -0.25) is 4.79 Å². The normalized spacial score (nSPS) is 16.6. The second-order valence-corrected chi connectivity index (χ2v) is 7.43. The molecule has 0 aliphatic carbocycles. The van der Waals surface area contributed by atoms with Crippen LogP contribution in [0.2, 0.25) is 5.02 Å². The van der Waals surface area contributed by atoms with Crippen LogP contribution >= 0.6 is 23.4 Å². The van der Waals surface area contributed by atoms with Gasteiger partial charge in [0, 0.05) is 23.1 Å². The molecule has 0 saturated heterocycles. The van der Waals surface area contributed by atoms with Crippen LogP contribution in [0.1, 0.15) is 30.4 Å². The fraction of sp³-hybridized carbons (Fsp3) is 0.238. The van der Waals surface area contributed by atoms with E-state index in [2.05, 4.69) is 11.4 Å². The maximum Gasteiger partial charge on any atom is 0.225 e. The molecule has 1 aliphatic heterocycles. The van der Waals surface area contributed by atoms with Crippen molar-refractivity contribution in [2.75, 3.05) is 6.61 Å². The van der Waals surface area contributed by atoms with Crippen molar-refractivity contribution in [2.24, 2.45) is 0 Å². The number of amides is 1. The van der Waals surface area contributed by atoms with E-state index in [4.69, 9.17) is 16.3 Å². The molecule has 138 valence electrons. The molecule has 0 saturated carbocycles. The number of rotatable bonds is 6. The lowest BCUT2D eigenvalue weighted by Crippen LogP contribution is -2.30. The molecule has 0 radical (unpaired) electrons. The summed E-state index contributed by atoms with van der Waals surface area (Å²) >= 11 is 7.64. The Hall–Kier alpha value is -2.42. The molecule has 4 nitrogen and oxygen atoms in total. The van der Waals surface area contributed by atoms with E-state index in [1.807, 2.05) is 55.5 Å². The van der Waals surface area contributed by atoms with Crippen molar-refractivity contribution in [2.45, 2.75) is 25.0 Å². The largest absolute Gasteiger partial charge is 0.494 e. The number of carbonyl (C=O) groups is 1. The van der Waals surface area contributed by atoms with E-state index >= 15 is 0 Å². The number of nitriles is 1. The van der Waals surface area contributed by atoms with E-state index in [1.54, 1.807) is 0 Å². The number of halogens is 1. The van der Waals surface area contributed by atoms with E-state index in [9.17, 15) is 10.1 Å². The quantitative estimate of drug-likeness (QED) is 0.742. The van der Waals surface area contributed by atoms with Gasteiger partial charge in [0.05, 0.1) is 23.3 Å². The summed E-state index contributed by atoms with van der Waals surface area (Å²) in [7, 11) is 0. The highest BCUT2D eigenvalue weighted by Crippen LogP contribution is 2.37. The van der Waals surface area contributed by atoms with Crippen LogP contribution in [0.4, 0.5) is 0 Å². The number of nitrogens with one attached hydrogen (secondary N) is 1. The predicted octanol–water partition coefficient (Wildman–Crippen LogP) is 5.01. The summed E-state index contributed by atoms with van der Waals surface area (Å²) < 4.78 is 5.47. The average molecular weight is 399 g/mol. The van der Waals surface area contributed by atoms with Crippen LogP contribution in [0.5, 0.6) is 5.75 Å². The van der Waals surface area contributed by atoms with Gasteiger partial charge in [-0.05, 0) is 36.2 Å². The van der Waals surface area contributed by atoms with Crippen molar-refractivity contribution in [1.29, 1.82) is 5.26 Å². The van der Waals surface area contributed by atoms with Crippen molar-refractivity contribution in [1.82, 2.24) is 5.32 Å². The maximum absolute atomic E-state index is 12.2. The van der Waals surface area contributed by atoms with Crippen LogP contribution in [0.3, 0.4) is 0 Å². The lowest BCUT2D eigenvalue weighted by molar-refractivity contribution is -0.120. The minimum absolute atomic E-state index is 0.0884. The van der Waals surface area contributed by atoms with Gasteiger partial charge in [0.25, 0.3) is 0 Å². The van der Waals surface area contributed by atoms with Gasteiger partial charge in [-0.25, -0.2) is 0 Å². The number of ether oxygens (including phenoxy) is 1. The predicted molar refractivity (Wildman–Crippen MR) is 108 cm³/mol. The van der Waals surface area contributed by atoms with E-state index in [-0.39, 0.29) is 18.2 Å². The molecule has 0 aromatic heterocycles. The van der Waals surface area contributed by atoms with Gasteiger partial charge in [-0.15, -0.1) is 11.8 Å². The van der Waals surface area contributed by atoms with Gasteiger partial charge in [0.1, 0.15) is 5.75 Å². The molecule has 1 atom stereocenters. The number of hydrogen-bond donors (Lipinski definition) is 1. The lowest BCUT2D eigenvalue weighted by Gasteiger charge is -2.25. The first-order chi connectivity index (χ1) is 13.1. The summed E-state index contributed by atoms with van der Waals surface area (Å²) in [5, 5.41) is 13.9. The molecule has 1 N–H and O–H groups in total. The summed E-state index contributed by atoms with van der Waals surface area (Å²) in [6.07, 6.45) is 0.257. The van der Waals surface area contributed by atoms with Crippen molar-refractivity contribution >= 4 is 29.3 Å². The molecule has 3 rings (SSSR count). The Balaban J connectivity index is 1.85. The maximum atomic E-state index is 12.2. The molecule has 2 aromatic rings. The second kappa shape index (κ2) is 8.98. The summed E-state index contributed by atoms with van der Waals surface area (Å²) in [5.41, 5.74) is 2.47. The zero-order valence-corrected chi connectivity index (χ0v) is 16.4. The highest BCUT2D eigenvalue weighted by Gasteiger charge is 2.29. The molecule has 1 heterocycles. The van der Waals surface area contributed by atoms with E-state index in [0.717, 1.165) is 16.9 Å². The van der Waals surface area contributed by atoms with Gasteiger partial charge in [0.15, 0.2) is 0 Å². The molecule has 1 unspecified atom stereocenters. The smallest absolute Gasteiger partial charge is 0.225 e. The summed E-state index contributed by atoms with van der Waals surface area (Å²) in [5.74, 6) is 1.01. The van der Waals surface area contributed by atoms with Crippen LogP contribution in [0.25, 0.3) is 0 Å². The SMILES string of the molecule is CCOc1ccc(C2CC(=O)NC(SCc3ccccc3Cl)=C2C#N)cc1. The van der Waals surface area contributed by atoms with Crippen LogP contribution < -0.4 is 10.1 Å². The minimum Gasteiger partial charge on any atom is -0.494 e. The molecular formula is C21H19ClN2O2S. The first kappa shape index (κ1) is 19.3. The van der Waals surface area contributed by atoms with E-state index < -0.39 is 0 Å². The first-order valence-corrected chi connectivity index (χ1v) is 10.0. The third-order valence-corrected chi connectivity index (χ3v) is 5.71. The molecule has 1 amide bonds. The molecule has 0 fully saturated rings. The van der Waals surface area contributed by atoms with Crippen LogP contribution in [-0.2, 0) is 10.5 Å². The lowest BCUT2D eigenvalue weighted by atomic mass is 9.87. The average Bonchev–Trinajstić information content (AvgIpc) is 2.68. The van der Waals surface area contributed by atoms with Crippen molar-refractivity contribution in [3.05, 3.63) is 75.3 Å². The highest BCUT2D eigenvalue weighted by molar-refractivity contribution is 8.02. The Morgan fingerprint density at radius 3 is 2.67 bits per heavy atom. The minimum atomic E-state index is -0.256. The monoisotopic (exact) mass is 398 g/mol. The molecule has 27 heavy (non-hydrogen) atoms. The van der Waals surface area contributed by atoms with Crippen molar-refractivity contribution in [3.63, 3.8) is 0 Å². The van der Waals surface area contributed by atoms with E-state index in [0.29, 0.717) is 28.0 Å². The molecule has 2 aromatic carbocycles. The van der Waals surface area contributed by atoms with Gasteiger partial charge >= 0.3 is 0 Å². The number of thioether (sulfide) groups is 1. The van der Waals surface area contributed by atoms with Crippen molar-refractivity contribution < 1.29 is 9.53 Å². The zero-order valence-electron chi connectivity index (χ0n) is 14.9. The number of benzene rings is 2. The van der Waals surface area contributed by atoms with Gasteiger partial charge in [0.2, 0.25) is 5.91 Å². The molecule has 0 spiro atoms. The summed E-state index contributed by atoms with van der Waals surface area (Å²) in [6.45, 7) is 2.52. The number of allylic oxidation sites excluding steroid dienone is 1. The number of carbonyl (C=O) groups excluding carboxylic acids is 1. The molecular weight excluding hydrogens is 380 g/mol. The fourth-order valence-electron chi connectivity index (χ4n) is 2.95. The van der Waals surface area contributed by atoms with Gasteiger partial charge < -0.3 is 10.1 Å². The van der Waals surface area contributed by atoms with Crippen LogP contribution in [0.15, 0.2) is 59.1 Å². The Bertz CT molecular complexity index is 903. The first-order valence-electron chi connectivity index (χ1n) is 8.65. The summed E-state index contributed by atoms with van der Waals surface area (Å²) in [6, 6.07) is 17.4. The topological polar surface area (TPSA) is 62.1 Å². The molecule has 6 heteroatoms. The summed E-state index contributed by atoms with van der Waals surface area (Å²) in [4.78, 5) is 12.2. The van der Waals surface area contributed by atoms with Crippen molar-refractivity contribution in [3.8, 4) is 11.8 Å². The second-order valence-electron chi connectivity index (χ2n) is 6.04. The Labute approximate surface area is 168 Å². The Morgan fingerprint density at radius 2 is 2.00 bits per heavy atom. The van der Waals surface area contributed by atoms with Gasteiger partial charge in [-0.1, -0.05) is 41.9 Å². The molecule has 1 aliphatic rings. The van der Waals surface area contributed by atoms with Gasteiger partial charge in [-0.2, -0.15) is 5.26 Å². The zero-order chi connectivity index (χ0) is 19.2. The standard InChI is InChI=1S/C21H19ClN2O2S/c1-2-26-16-9-7-14(8-10-16)17-11-20(25)24-21(18(17)12-23)27-13-15-5-3-4-6-19(15)22/h3-10,17H,2,11,13H2,1H3,(H,24,25). The molecule has 0 bridgehead atoms. The van der Waals surface area contributed by atoms with Crippen LogP contribution in [-0.4, -0.2) is 12.5 Å². The number of hydrogen-bond acceptors (Lipinski definition) is 4. The van der Waals surface area contributed by atoms with E-state index in [1.165, 1.54) is 11.8 Å². The third kappa shape index (κ3) is 4.65. The highest BCUT2D eigenvalue weighted by atomic mass is 35.5. The Kier molecular flexibility index (Phi) is 6.44. The third-order valence-electron chi connectivity index (χ3n) is 4.28.